The van der Waals surface area contributed by atoms with Crippen LogP contribution >= 0.6 is 0 Å². The minimum atomic E-state index is -0.632. The molecule has 0 atom stereocenters. The first kappa shape index (κ1) is 9.31. The maximum absolute atomic E-state index is 13.3. The third-order valence-electron chi connectivity index (χ3n) is 2.74. The molecular formula is C11H10F2O. The Kier molecular flexibility index (Phi) is 1.91. The van der Waals surface area contributed by atoms with E-state index in [-0.39, 0.29) is 24.2 Å². The smallest absolute Gasteiger partial charge is 0.134 e. The van der Waals surface area contributed by atoms with Gasteiger partial charge in [-0.1, -0.05) is 13.0 Å². The van der Waals surface area contributed by atoms with Crippen LogP contribution in [0.2, 0.25) is 0 Å². The molecule has 0 N–H and O–H groups in total. The predicted molar refractivity (Wildman–Crippen MR) is 48.0 cm³/mol. The molecule has 0 radical (unpaired) electrons. The molecule has 0 aromatic heterocycles. The van der Waals surface area contributed by atoms with Crippen LogP contribution in [0.25, 0.3) is 0 Å². The Morgan fingerprint density at radius 3 is 2.14 bits per heavy atom. The van der Waals surface area contributed by atoms with E-state index in [1.54, 1.807) is 6.92 Å². The molecule has 0 bridgehead atoms. The van der Waals surface area contributed by atoms with Gasteiger partial charge in [-0.3, -0.25) is 4.79 Å². The highest BCUT2D eigenvalue weighted by Gasteiger charge is 2.43. The largest absolute Gasteiger partial charge is 0.300 e. The molecule has 14 heavy (non-hydrogen) atoms. The molecule has 0 aliphatic heterocycles. The number of Topliss-reactive ketones (excluding diaryl/α,β-unsaturated/α-hetero) is 1. The van der Waals surface area contributed by atoms with Gasteiger partial charge in [0.2, 0.25) is 0 Å². The lowest BCUT2D eigenvalue weighted by Gasteiger charge is -2.37. The quantitative estimate of drug-likeness (QED) is 0.674. The molecule has 1 fully saturated rings. The second-order valence-electron chi connectivity index (χ2n) is 4.05. The summed E-state index contributed by atoms with van der Waals surface area (Å²) in [5, 5.41) is 0. The number of carbonyl (C=O) groups is 1. The van der Waals surface area contributed by atoms with Gasteiger partial charge in [0.25, 0.3) is 0 Å². The molecule has 0 unspecified atom stereocenters. The van der Waals surface area contributed by atoms with Gasteiger partial charge >= 0.3 is 0 Å². The van der Waals surface area contributed by atoms with Crippen molar-refractivity contribution < 1.29 is 13.6 Å². The fourth-order valence-electron chi connectivity index (χ4n) is 2.07. The third kappa shape index (κ3) is 1.24. The van der Waals surface area contributed by atoms with Crippen molar-refractivity contribution in [3.8, 4) is 0 Å². The standard InChI is InChI=1S/C11H10F2O/c1-11(5-7(14)6-11)10-8(12)3-2-4-9(10)13/h2-4H,5-6H2,1H3. The van der Waals surface area contributed by atoms with Crippen molar-refractivity contribution in [3.63, 3.8) is 0 Å². The average Bonchev–Trinajstić information content (AvgIpc) is 2.00. The molecule has 0 heterocycles. The molecule has 1 nitrogen and oxygen atoms in total. The molecule has 3 heteroatoms. The summed E-state index contributed by atoms with van der Waals surface area (Å²) in [5.41, 5.74) is -0.577. The predicted octanol–water partition coefficient (Wildman–Crippen LogP) is 2.59. The van der Waals surface area contributed by atoms with Crippen molar-refractivity contribution in [2.45, 2.75) is 25.2 Å². The summed E-state index contributed by atoms with van der Waals surface area (Å²) in [5.74, 6) is -1.05. The van der Waals surface area contributed by atoms with Crippen molar-refractivity contribution in [1.29, 1.82) is 0 Å². The van der Waals surface area contributed by atoms with Crippen LogP contribution in [0.15, 0.2) is 18.2 Å². The minimum absolute atomic E-state index is 0.0552. The van der Waals surface area contributed by atoms with Gasteiger partial charge in [-0.15, -0.1) is 0 Å². The highest BCUT2D eigenvalue weighted by molar-refractivity contribution is 5.88. The van der Waals surface area contributed by atoms with Crippen molar-refractivity contribution in [3.05, 3.63) is 35.4 Å². The Labute approximate surface area is 80.7 Å². The normalized spacial score (nSPS) is 19.2. The number of halogens is 2. The Morgan fingerprint density at radius 2 is 1.71 bits per heavy atom. The van der Waals surface area contributed by atoms with Crippen LogP contribution in [0, 0.1) is 11.6 Å². The summed E-state index contributed by atoms with van der Waals surface area (Å²) in [4.78, 5) is 10.9. The van der Waals surface area contributed by atoms with Crippen LogP contribution in [0.5, 0.6) is 0 Å². The lowest BCUT2D eigenvalue weighted by atomic mass is 9.65. The third-order valence-corrected chi connectivity index (χ3v) is 2.74. The van der Waals surface area contributed by atoms with E-state index in [0.29, 0.717) is 0 Å². The van der Waals surface area contributed by atoms with E-state index in [1.165, 1.54) is 18.2 Å². The van der Waals surface area contributed by atoms with Gasteiger partial charge in [-0.25, -0.2) is 8.78 Å². The Balaban J connectivity index is 2.46. The van der Waals surface area contributed by atoms with E-state index in [9.17, 15) is 13.6 Å². The van der Waals surface area contributed by atoms with Crippen molar-refractivity contribution in [2.75, 3.05) is 0 Å². The monoisotopic (exact) mass is 196 g/mol. The van der Waals surface area contributed by atoms with Gasteiger partial charge in [0.05, 0.1) is 0 Å². The van der Waals surface area contributed by atoms with E-state index in [4.69, 9.17) is 0 Å². The average molecular weight is 196 g/mol. The van der Waals surface area contributed by atoms with Crippen LogP contribution in [0.1, 0.15) is 25.3 Å². The van der Waals surface area contributed by atoms with Gasteiger partial charge in [-0.05, 0) is 12.1 Å². The van der Waals surface area contributed by atoms with Crippen molar-refractivity contribution >= 4 is 5.78 Å². The van der Waals surface area contributed by atoms with E-state index >= 15 is 0 Å². The number of rotatable bonds is 1. The fraction of sp³-hybridized carbons (Fsp3) is 0.364. The van der Waals surface area contributed by atoms with E-state index in [1.807, 2.05) is 0 Å². The van der Waals surface area contributed by atoms with Gasteiger partial charge in [0.1, 0.15) is 17.4 Å². The second-order valence-corrected chi connectivity index (χ2v) is 4.05. The molecule has 0 amide bonds. The Bertz CT molecular complexity index is 370. The highest BCUT2D eigenvalue weighted by atomic mass is 19.1. The first-order valence-corrected chi connectivity index (χ1v) is 4.49. The first-order chi connectivity index (χ1) is 6.53. The molecule has 1 aromatic carbocycles. The molecule has 74 valence electrons. The van der Waals surface area contributed by atoms with Gasteiger partial charge in [0.15, 0.2) is 0 Å². The zero-order valence-electron chi connectivity index (χ0n) is 7.81. The molecule has 1 saturated carbocycles. The first-order valence-electron chi connectivity index (χ1n) is 4.49. The molecule has 0 spiro atoms. The number of hydrogen-bond donors (Lipinski definition) is 0. The van der Waals surface area contributed by atoms with Gasteiger partial charge < -0.3 is 0 Å². The zero-order chi connectivity index (χ0) is 10.3. The number of hydrogen-bond acceptors (Lipinski definition) is 1. The summed E-state index contributed by atoms with van der Waals surface area (Å²) in [7, 11) is 0. The number of benzene rings is 1. The van der Waals surface area contributed by atoms with Gasteiger partial charge in [0, 0.05) is 23.8 Å². The lowest BCUT2D eigenvalue weighted by molar-refractivity contribution is -0.128. The van der Waals surface area contributed by atoms with Crippen LogP contribution in [-0.4, -0.2) is 5.78 Å². The second kappa shape index (κ2) is 2.87. The van der Waals surface area contributed by atoms with E-state index in [0.717, 1.165) is 0 Å². The minimum Gasteiger partial charge on any atom is -0.300 e. The summed E-state index contributed by atoms with van der Waals surface area (Å²) < 4.78 is 26.7. The van der Waals surface area contributed by atoms with Crippen LogP contribution in [0.4, 0.5) is 8.78 Å². The van der Waals surface area contributed by atoms with E-state index in [2.05, 4.69) is 0 Å². The topological polar surface area (TPSA) is 17.1 Å². The highest BCUT2D eigenvalue weighted by Crippen LogP contribution is 2.42. The van der Waals surface area contributed by atoms with Crippen LogP contribution < -0.4 is 0 Å². The number of carbonyl (C=O) groups excluding carboxylic acids is 1. The maximum atomic E-state index is 13.3. The summed E-state index contributed by atoms with van der Waals surface area (Å²) in [6.45, 7) is 1.72. The Hall–Kier alpha value is -1.25. The number of ketones is 1. The van der Waals surface area contributed by atoms with Crippen molar-refractivity contribution in [2.24, 2.45) is 0 Å². The summed E-state index contributed by atoms with van der Waals surface area (Å²) >= 11 is 0. The lowest BCUT2D eigenvalue weighted by Crippen LogP contribution is -2.40. The van der Waals surface area contributed by atoms with Gasteiger partial charge in [-0.2, -0.15) is 0 Å². The molecule has 2 rings (SSSR count). The molecule has 1 aliphatic rings. The fourth-order valence-corrected chi connectivity index (χ4v) is 2.07. The zero-order valence-corrected chi connectivity index (χ0v) is 7.81. The molecule has 1 aliphatic carbocycles. The SMILES string of the molecule is CC1(c2c(F)cccc2F)CC(=O)C1. The molecule has 1 aromatic rings. The molecule has 0 saturated heterocycles. The molecular weight excluding hydrogens is 186 g/mol. The van der Waals surface area contributed by atoms with Crippen LogP contribution in [-0.2, 0) is 10.2 Å². The van der Waals surface area contributed by atoms with E-state index < -0.39 is 17.0 Å². The summed E-state index contributed by atoms with van der Waals surface area (Å²) in [6.07, 6.45) is 0.482. The maximum Gasteiger partial charge on any atom is 0.134 e. The Morgan fingerprint density at radius 1 is 1.21 bits per heavy atom. The van der Waals surface area contributed by atoms with Crippen molar-refractivity contribution in [1.82, 2.24) is 0 Å². The summed E-state index contributed by atoms with van der Waals surface area (Å²) in [6, 6.07) is 3.79. The van der Waals surface area contributed by atoms with Crippen LogP contribution in [0.3, 0.4) is 0 Å².